The number of benzene rings is 1. The molecule has 1 N–H and O–H groups in total. The summed E-state index contributed by atoms with van der Waals surface area (Å²) in [5.41, 5.74) is 1.89. The maximum Gasteiger partial charge on any atom is 0.181 e. The van der Waals surface area contributed by atoms with Crippen LogP contribution in [0.2, 0.25) is 5.02 Å². The van der Waals surface area contributed by atoms with Crippen molar-refractivity contribution in [2.24, 2.45) is 0 Å². The Bertz CT molecular complexity index is 742. The Morgan fingerprint density at radius 3 is 2.76 bits per heavy atom. The van der Waals surface area contributed by atoms with Gasteiger partial charge in [-0.2, -0.15) is 5.10 Å². The molecule has 0 aliphatic rings. The first-order valence-electron chi connectivity index (χ1n) is 6.43. The van der Waals surface area contributed by atoms with Crippen LogP contribution in [-0.4, -0.2) is 20.2 Å². The van der Waals surface area contributed by atoms with Crippen molar-refractivity contribution in [2.45, 2.75) is 13.5 Å². The van der Waals surface area contributed by atoms with Crippen LogP contribution in [0.3, 0.4) is 0 Å². The van der Waals surface area contributed by atoms with Crippen LogP contribution < -0.4 is 4.74 Å². The number of hydrogen-bond acceptors (Lipinski definition) is 4. The highest BCUT2D eigenvalue weighted by molar-refractivity contribution is 6.30. The fourth-order valence-corrected chi connectivity index (χ4v) is 2.14. The average Bonchev–Trinajstić information content (AvgIpc) is 2.96. The molecule has 2 aromatic heterocycles. The molecule has 21 heavy (non-hydrogen) atoms. The van der Waals surface area contributed by atoms with E-state index in [4.69, 9.17) is 16.3 Å². The standard InChI is InChI=1S/C15H13ClN4O/c1-10-8-12(16)2-3-13(10)21-9-14-18-15(20-19-14)11-4-6-17-7-5-11/h2-8H,9H2,1H3,(H,18,19,20). The maximum absolute atomic E-state index is 5.92. The van der Waals surface area contributed by atoms with E-state index in [2.05, 4.69) is 20.2 Å². The molecule has 1 aromatic carbocycles. The third kappa shape index (κ3) is 3.20. The summed E-state index contributed by atoms with van der Waals surface area (Å²) in [7, 11) is 0. The highest BCUT2D eigenvalue weighted by Crippen LogP contribution is 2.22. The van der Waals surface area contributed by atoms with Crippen molar-refractivity contribution in [1.82, 2.24) is 20.2 Å². The lowest BCUT2D eigenvalue weighted by Gasteiger charge is -2.07. The highest BCUT2D eigenvalue weighted by atomic mass is 35.5. The van der Waals surface area contributed by atoms with Crippen molar-refractivity contribution in [2.75, 3.05) is 0 Å². The van der Waals surface area contributed by atoms with Gasteiger partial charge in [0.25, 0.3) is 0 Å². The van der Waals surface area contributed by atoms with Crippen LogP contribution >= 0.6 is 11.6 Å². The Hall–Kier alpha value is -2.40. The van der Waals surface area contributed by atoms with Gasteiger partial charge in [-0.15, -0.1) is 0 Å². The predicted molar refractivity (Wildman–Crippen MR) is 80.1 cm³/mol. The summed E-state index contributed by atoms with van der Waals surface area (Å²) in [5, 5.41) is 7.74. The Balaban J connectivity index is 1.70. The number of H-pyrrole nitrogens is 1. The zero-order valence-corrected chi connectivity index (χ0v) is 12.1. The molecular formula is C15H13ClN4O. The summed E-state index contributed by atoms with van der Waals surface area (Å²) in [6.45, 7) is 2.27. The first-order valence-corrected chi connectivity index (χ1v) is 6.81. The van der Waals surface area contributed by atoms with Crippen LogP contribution in [0.5, 0.6) is 5.75 Å². The molecule has 106 valence electrons. The van der Waals surface area contributed by atoms with E-state index in [0.717, 1.165) is 16.9 Å². The third-order valence-corrected chi connectivity index (χ3v) is 3.21. The summed E-state index contributed by atoms with van der Waals surface area (Å²) in [4.78, 5) is 8.37. The monoisotopic (exact) mass is 300 g/mol. The minimum atomic E-state index is 0.320. The van der Waals surface area contributed by atoms with Gasteiger partial charge in [-0.25, -0.2) is 4.98 Å². The molecule has 5 nitrogen and oxygen atoms in total. The molecule has 0 fully saturated rings. The van der Waals surface area contributed by atoms with Crippen molar-refractivity contribution >= 4 is 11.6 Å². The van der Waals surface area contributed by atoms with Gasteiger partial charge in [-0.05, 0) is 42.8 Å². The number of aromatic nitrogens is 4. The first-order chi connectivity index (χ1) is 10.2. The molecule has 0 bridgehead atoms. The van der Waals surface area contributed by atoms with E-state index in [1.807, 2.05) is 31.2 Å². The topological polar surface area (TPSA) is 63.7 Å². The van der Waals surface area contributed by atoms with Crippen LogP contribution in [0, 0.1) is 6.92 Å². The summed E-state index contributed by atoms with van der Waals surface area (Å²) in [5.74, 6) is 2.07. The number of rotatable bonds is 4. The molecule has 6 heteroatoms. The fourth-order valence-electron chi connectivity index (χ4n) is 1.91. The van der Waals surface area contributed by atoms with Gasteiger partial charge in [0.1, 0.15) is 12.4 Å². The van der Waals surface area contributed by atoms with Gasteiger partial charge in [-0.3, -0.25) is 10.1 Å². The molecule has 0 saturated carbocycles. The van der Waals surface area contributed by atoms with Gasteiger partial charge in [0.2, 0.25) is 0 Å². The van der Waals surface area contributed by atoms with Crippen LogP contribution in [0.4, 0.5) is 0 Å². The van der Waals surface area contributed by atoms with E-state index < -0.39 is 0 Å². The second kappa shape index (κ2) is 5.93. The minimum absolute atomic E-state index is 0.320. The summed E-state index contributed by atoms with van der Waals surface area (Å²) in [6.07, 6.45) is 3.41. The molecule has 3 aromatic rings. The number of halogens is 1. The van der Waals surface area contributed by atoms with E-state index in [-0.39, 0.29) is 0 Å². The van der Waals surface area contributed by atoms with E-state index in [0.29, 0.717) is 23.3 Å². The molecule has 0 spiro atoms. The molecule has 0 amide bonds. The van der Waals surface area contributed by atoms with Crippen LogP contribution in [-0.2, 0) is 6.61 Å². The largest absolute Gasteiger partial charge is 0.485 e. The lowest BCUT2D eigenvalue weighted by atomic mass is 10.2. The van der Waals surface area contributed by atoms with Crippen molar-refractivity contribution in [3.8, 4) is 17.1 Å². The quantitative estimate of drug-likeness (QED) is 0.802. The molecule has 3 rings (SSSR count). The molecule has 0 saturated heterocycles. The highest BCUT2D eigenvalue weighted by Gasteiger charge is 2.07. The van der Waals surface area contributed by atoms with Crippen molar-refractivity contribution in [1.29, 1.82) is 0 Å². The number of nitrogens with one attached hydrogen (secondary N) is 1. The summed E-state index contributed by atoms with van der Waals surface area (Å²) >= 11 is 5.92. The van der Waals surface area contributed by atoms with E-state index in [1.54, 1.807) is 18.5 Å². The molecule has 0 aliphatic heterocycles. The van der Waals surface area contributed by atoms with Gasteiger partial charge >= 0.3 is 0 Å². The molecule has 2 heterocycles. The van der Waals surface area contributed by atoms with Crippen molar-refractivity contribution in [3.63, 3.8) is 0 Å². The number of nitrogens with zero attached hydrogens (tertiary/aromatic N) is 3. The van der Waals surface area contributed by atoms with Gasteiger partial charge in [-0.1, -0.05) is 11.6 Å². The second-order valence-corrected chi connectivity index (χ2v) is 4.98. The number of ether oxygens (including phenoxy) is 1. The van der Waals surface area contributed by atoms with E-state index >= 15 is 0 Å². The van der Waals surface area contributed by atoms with Gasteiger partial charge in [0.05, 0.1) is 0 Å². The smallest absolute Gasteiger partial charge is 0.181 e. The Kier molecular flexibility index (Phi) is 3.83. The van der Waals surface area contributed by atoms with Crippen LogP contribution in [0.1, 0.15) is 11.4 Å². The lowest BCUT2D eigenvalue weighted by molar-refractivity contribution is 0.294. The molecule has 0 radical (unpaired) electrons. The number of hydrogen-bond donors (Lipinski definition) is 1. The number of aromatic amines is 1. The van der Waals surface area contributed by atoms with Crippen LogP contribution in [0.25, 0.3) is 11.4 Å². The second-order valence-electron chi connectivity index (χ2n) is 4.54. The normalized spacial score (nSPS) is 10.6. The number of aryl methyl sites for hydroxylation is 1. The van der Waals surface area contributed by atoms with Crippen molar-refractivity contribution in [3.05, 3.63) is 59.1 Å². The molecule has 0 aliphatic carbocycles. The zero-order chi connectivity index (χ0) is 14.7. The average molecular weight is 301 g/mol. The Morgan fingerprint density at radius 2 is 2.00 bits per heavy atom. The van der Waals surface area contributed by atoms with Crippen molar-refractivity contribution < 1.29 is 4.74 Å². The van der Waals surface area contributed by atoms with Gasteiger partial charge in [0, 0.05) is 23.0 Å². The van der Waals surface area contributed by atoms with Gasteiger partial charge in [0.15, 0.2) is 11.6 Å². The molecular weight excluding hydrogens is 288 g/mol. The maximum atomic E-state index is 5.92. The van der Waals surface area contributed by atoms with E-state index in [9.17, 15) is 0 Å². The third-order valence-electron chi connectivity index (χ3n) is 2.97. The summed E-state index contributed by atoms with van der Waals surface area (Å²) in [6, 6.07) is 9.22. The fraction of sp³-hybridized carbons (Fsp3) is 0.133. The van der Waals surface area contributed by atoms with E-state index in [1.165, 1.54) is 0 Å². The lowest BCUT2D eigenvalue weighted by Crippen LogP contribution is -1.99. The Labute approximate surface area is 127 Å². The van der Waals surface area contributed by atoms with Crippen LogP contribution in [0.15, 0.2) is 42.7 Å². The molecule has 0 atom stereocenters. The predicted octanol–water partition coefficient (Wildman–Crippen LogP) is 3.41. The van der Waals surface area contributed by atoms with Gasteiger partial charge < -0.3 is 4.74 Å². The number of pyridine rings is 1. The Morgan fingerprint density at radius 1 is 1.19 bits per heavy atom. The SMILES string of the molecule is Cc1cc(Cl)ccc1OCc1nc(-c2ccncc2)n[nH]1. The zero-order valence-electron chi connectivity index (χ0n) is 11.4. The first kappa shape index (κ1) is 13.6. The summed E-state index contributed by atoms with van der Waals surface area (Å²) < 4.78 is 5.72. The molecule has 0 unspecified atom stereocenters. The minimum Gasteiger partial charge on any atom is -0.485 e.